The number of carboxylic acid groups (broad SMARTS) is 1. The highest BCUT2D eigenvalue weighted by Gasteiger charge is 2.06. The number of amides is 2. The molecule has 2 heterocycles. The summed E-state index contributed by atoms with van der Waals surface area (Å²) in [7, 11) is 0. The first-order valence-corrected chi connectivity index (χ1v) is 6.28. The van der Waals surface area contributed by atoms with E-state index in [9.17, 15) is 9.59 Å². The number of hydrogen-bond acceptors (Lipinski definition) is 4. The van der Waals surface area contributed by atoms with Gasteiger partial charge in [-0.2, -0.15) is 0 Å². The van der Waals surface area contributed by atoms with Gasteiger partial charge in [0.2, 0.25) is 0 Å². The van der Waals surface area contributed by atoms with Gasteiger partial charge in [-0.15, -0.1) is 0 Å². The molecule has 0 saturated carbocycles. The summed E-state index contributed by atoms with van der Waals surface area (Å²) in [5, 5.41) is 14.0. The fourth-order valence-electron chi connectivity index (χ4n) is 1.65. The first kappa shape index (κ1) is 14.4. The number of nitrogens with zero attached hydrogens (tertiary/aromatic N) is 2. The molecule has 0 bridgehead atoms. The van der Waals surface area contributed by atoms with Crippen molar-refractivity contribution in [1.29, 1.82) is 0 Å². The molecule has 3 N–H and O–H groups in total. The molecule has 0 aliphatic rings. The summed E-state index contributed by atoms with van der Waals surface area (Å²) in [5.41, 5.74) is 1.22. The summed E-state index contributed by atoms with van der Waals surface area (Å²) in [5.74, 6) is -1.10. The first-order chi connectivity index (χ1) is 10.1. The monoisotopic (exact) mass is 286 g/mol. The number of urea groups is 1. The van der Waals surface area contributed by atoms with Crippen molar-refractivity contribution >= 4 is 17.7 Å². The van der Waals surface area contributed by atoms with Crippen LogP contribution in [-0.2, 0) is 6.42 Å². The second-order valence-electron chi connectivity index (χ2n) is 4.22. The average Bonchev–Trinajstić information content (AvgIpc) is 2.48. The van der Waals surface area contributed by atoms with E-state index in [-0.39, 0.29) is 5.56 Å². The lowest BCUT2D eigenvalue weighted by molar-refractivity contribution is 0.0696. The molecule has 0 radical (unpaired) electrons. The Bertz CT molecular complexity index is 631. The van der Waals surface area contributed by atoms with Crippen LogP contribution in [0.2, 0.25) is 0 Å². The van der Waals surface area contributed by atoms with Crippen molar-refractivity contribution in [3.05, 3.63) is 54.1 Å². The van der Waals surface area contributed by atoms with E-state index >= 15 is 0 Å². The van der Waals surface area contributed by atoms with E-state index in [1.165, 1.54) is 18.5 Å². The third-order valence-electron chi connectivity index (χ3n) is 2.64. The Morgan fingerprint density at radius 3 is 2.81 bits per heavy atom. The number of aromatic nitrogens is 2. The molecule has 2 rings (SSSR count). The summed E-state index contributed by atoms with van der Waals surface area (Å²) < 4.78 is 0. The third-order valence-corrected chi connectivity index (χ3v) is 2.64. The Balaban J connectivity index is 1.82. The maximum Gasteiger partial charge on any atom is 0.337 e. The van der Waals surface area contributed by atoms with E-state index in [2.05, 4.69) is 20.6 Å². The van der Waals surface area contributed by atoms with Gasteiger partial charge >= 0.3 is 12.0 Å². The number of carbonyl (C=O) groups excluding carboxylic acids is 1. The summed E-state index contributed by atoms with van der Waals surface area (Å²) >= 11 is 0. The predicted molar refractivity (Wildman–Crippen MR) is 76.2 cm³/mol. The summed E-state index contributed by atoms with van der Waals surface area (Å²) in [6, 6.07) is 6.50. The van der Waals surface area contributed by atoms with Crippen LogP contribution in [0.1, 0.15) is 16.1 Å². The maximum absolute atomic E-state index is 11.7. The Hall–Kier alpha value is -2.96. The van der Waals surface area contributed by atoms with Gasteiger partial charge in [-0.25, -0.2) is 9.59 Å². The Morgan fingerprint density at radius 2 is 2.10 bits per heavy atom. The van der Waals surface area contributed by atoms with Crippen molar-refractivity contribution < 1.29 is 14.7 Å². The molecule has 0 aliphatic heterocycles. The van der Waals surface area contributed by atoms with Crippen molar-refractivity contribution in [3.63, 3.8) is 0 Å². The highest BCUT2D eigenvalue weighted by Crippen LogP contribution is 2.08. The Morgan fingerprint density at radius 1 is 1.24 bits per heavy atom. The van der Waals surface area contributed by atoms with Crippen molar-refractivity contribution in [3.8, 4) is 0 Å². The predicted octanol–water partition coefficient (Wildman–Crippen LogP) is 1.54. The van der Waals surface area contributed by atoms with Crippen LogP contribution in [0.5, 0.6) is 0 Å². The number of hydrogen-bond donors (Lipinski definition) is 3. The van der Waals surface area contributed by atoms with Crippen LogP contribution < -0.4 is 10.6 Å². The van der Waals surface area contributed by atoms with Gasteiger partial charge in [-0.05, 0) is 18.2 Å². The van der Waals surface area contributed by atoms with Crippen molar-refractivity contribution in [1.82, 2.24) is 15.3 Å². The fourth-order valence-corrected chi connectivity index (χ4v) is 1.65. The third kappa shape index (κ3) is 4.57. The normalized spacial score (nSPS) is 9.90. The Kier molecular flexibility index (Phi) is 4.81. The minimum atomic E-state index is -1.10. The van der Waals surface area contributed by atoms with E-state index in [0.717, 1.165) is 5.69 Å². The summed E-state index contributed by atoms with van der Waals surface area (Å²) in [6.07, 6.45) is 4.90. The SMILES string of the molecule is O=C(NCCc1ccccn1)Nc1cncc(C(=O)O)c1. The number of anilines is 1. The van der Waals surface area contributed by atoms with Gasteiger partial charge in [0.25, 0.3) is 0 Å². The van der Waals surface area contributed by atoms with E-state index in [4.69, 9.17) is 5.11 Å². The van der Waals surface area contributed by atoms with Gasteiger partial charge in [0.1, 0.15) is 0 Å². The highest BCUT2D eigenvalue weighted by atomic mass is 16.4. The van der Waals surface area contributed by atoms with Crippen molar-refractivity contribution in [2.45, 2.75) is 6.42 Å². The van der Waals surface area contributed by atoms with Crippen LogP contribution in [0.25, 0.3) is 0 Å². The zero-order valence-corrected chi connectivity index (χ0v) is 11.1. The molecule has 2 aromatic heterocycles. The van der Waals surface area contributed by atoms with Crippen LogP contribution in [0, 0.1) is 0 Å². The second kappa shape index (κ2) is 6.99. The van der Waals surface area contributed by atoms with E-state index in [0.29, 0.717) is 18.7 Å². The molecule has 108 valence electrons. The summed E-state index contributed by atoms with van der Waals surface area (Å²) in [4.78, 5) is 30.4. The highest BCUT2D eigenvalue weighted by molar-refractivity contribution is 5.92. The molecule has 0 fully saturated rings. The van der Waals surface area contributed by atoms with Gasteiger partial charge in [-0.1, -0.05) is 6.07 Å². The summed E-state index contributed by atoms with van der Waals surface area (Å²) in [6.45, 7) is 0.425. The molecular formula is C14H14N4O3. The molecule has 0 spiro atoms. The number of rotatable bonds is 5. The first-order valence-electron chi connectivity index (χ1n) is 6.28. The number of nitrogens with one attached hydrogen (secondary N) is 2. The zero-order chi connectivity index (χ0) is 15.1. The molecule has 7 heteroatoms. The smallest absolute Gasteiger partial charge is 0.337 e. The number of carboxylic acids is 1. The number of pyridine rings is 2. The van der Waals surface area contributed by atoms with Gasteiger partial charge in [-0.3, -0.25) is 9.97 Å². The lowest BCUT2D eigenvalue weighted by Crippen LogP contribution is -2.30. The fraction of sp³-hybridized carbons (Fsp3) is 0.143. The Labute approximate surface area is 121 Å². The molecule has 21 heavy (non-hydrogen) atoms. The van der Waals surface area contributed by atoms with Crippen LogP contribution in [-0.4, -0.2) is 33.6 Å². The van der Waals surface area contributed by atoms with Crippen LogP contribution >= 0.6 is 0 Å². The van der Waals surface area contributed by atoms with E-state index in [1.54, 1.807) is 6.20 Å². The van der Waals surface area contributed by atoms with E-state index < -0.39 is 12.0 Å². The molecule has 0 unspecified atom stereocenters. The molecule has 0 aromatic carbocycles. The van der Waals surface area contributed by atoms with Crippen LogP contribution in [0.3, 0.4) is 0 Å². The minimum Gasteiger partial charge on any atom is -0.478 e. The van der Waals surface area contributed by atoms with Gasteiger partial charge in [0.15, 0.2) is 0 Å². The topological polar surface area (TPSA) is 104 Å². The van der Waals surface area contributed by atoms with E-state index in [1.807, 2.05) is 18.2 Å². The van der Waals surface area contributed by atoms with Crippen molar-refractivity contribution in [2.75, 3.05) is 11.9 Å². The van der Waals surface area contributed by atoms with Crippen molar-refractivity contribution in [2.24, 2.45) is 0 Å². The molecule has 2 amide bonds. The van der Waals surface area contributed by atoms with Gasteiger partial charge < -0.3 is 15.7 Å². The standard InChI is InChI=1S/C14H14N4O3/c19-13(20)10-7-12(9-15-8-10)18-14(21)17-6-4-11-3-1-2-5-16-11/h1-3,5,7-9H,4,6H2,(H,19,20)(H2,17,18,21). The minimum absolute atomic E-state index is 0.0151. The van der Waals surface area contributed by atoms with Crippen LogP contribution in [0.15, 0.2) is 42.9 Å². The largest absolute Gasteiger partial charge is 0.478 e. The molecular weight excluding hydrogens is 272 g/mol. The molecule has 0 aliphatic carbocycles. The number of carbonyl (C=O) groups is 2. The van der Waals surface area contributed by atoms with Crippen LogP contribution in [0.4, 0.5) is 10.5 Å². The molecule has 0 atom stereocenters. The molecule has 2 aromatic rings. The molecule has 7 nitrogen and oxygen atoms in total. The quantitative estimate of drug-likeness (QED) is 0.773. The number of aromatic carboxylic acids is 1. The second-order valence-corrected chi connectivity index (χ2v) is 4.22. The van der Waals surface area contributed by atoms with Gasteiger partial charge in [0, 0.05) is 31.1 Å². The molecule has 0 saturated heterocycles. The maximum atomic E-state index is 11.7. The van der Waals surface area contributed by atoms with Gasteiger partial charge in [0.05, 0.1) is 17.4 Å². The average molecular weight is 286 g/mol. The lowest BCUT2D eigenvalue weighted by Gasteiger charge is -2.07. The zero-order valence-electron chi connectivity index (χ0n) is 11.1. The lowest BCUT2D eigenvalue weighted by atomic mass is 10.2.